The monoisotopic (exact) mass is 372 g/mol. The smallest absolute Gasteiger partial charge is 0.236 e. The van der Waals surface area contributed by atoms with Crippen LogP contribution in [0.15, 0.2) is 79.1 Å². The quantitative estimate of drug-likeness (QED) is 0.540. The van der Waals surface area contributed by atoms with Gasteiger partial charge in [-0.15, -0.1) is 0 Å². The van der Waals surface area contributed by atoms with E-state index in [9.17, 15) is 4.79 Å². The van der Waals surface area contributed by atoms with E-state index in [1.165, 1.54) is 18.4 Å². The molecule has 0 aliphatic rings. The molecule has 3 nitrogen and oxygen atoms in total. The summed E-state index contributed by atoms with van der Waals surface area (Å²) in [5.41, 5.74) is 4.05. The molecule has 1 atom stereocenters. The molecule has 3 aromatic rings. The maximum Gasteiger partial charge on any atom is 0.236 e. The number of rotatable bonds is 8. The second kappa shape index (κ2) is 9.84. The Morgan fingerprint density at radius 3 is 2.07 bits per heavy atom. The highest BCUT2D eigenvalue weighted by molar-refractivity contribution is 5.98. The van der Waals surface area contributed by atoms with Gasteiger partial charge in [0.15, 0.2) is 0 Å². The predicted molar refractivity (Wildman–Crippen MR) is 115 cm³/mol. The number of benzene rings is 2. The molecular formula is C25H28N2O. The molecule has 1 amide bonds. The minimum atomic E-state index is -0.367. The van der Waals surface area contributed by atoms with Crippen LogP contribution in [0.2, 0.25) is 0 Å². The fourth-order valence-electron chi connectivity index (χ4n) is 3.55. The summed E-state index contributed by atoms with van der Waals surface area (Å²) in [6, 6.07) is 21.9. The Bertz CT molecular complexity index is 817. The van der Waals surface area contributed by atoms with Crippen LogP contribution in [-0.2, 0) is 11.2 Å². The molecule has 0 radical (unpaired) electrons. The van der Waals surface area contributed by atoms with Crippen LogP contribution in [-0.4, -0.2) is 10.9 Å². The molecule has 28 heavy (non-hydrogen) atoms. The summed E-state index contributed by atoms with van der Waals surface area (Å²) in [7, 11) is 0. The summed E-state index contributed by atoms with van der Waals surface area (Å²) >= 11 is 0. The van der Waals surface area contributed by atoms with E-state index in [0.29, 0.717) is 0 Å². The lowest BCUT2D eigenvalue weighted by molar-refractivity contribution is -0.116. The number of hydrogen-bond donors (Lipinski definition) is 1. The number of hydrogen-bond acceptors (Lipinski definition) is 2. The van der Waals surface area contributed by atoms with Crippen molar-refractivity contribution in [3.05, 3.63) is 95.8 Å². The van der Waals surface area contributed by atoms with Crippen molar-refractivity contribution < 1.29 is 4.79 Å². The van der Waals surface area contributed by atoms with Crippen molar-refractivity contribution in [3.8, 4) is 0 Å². The first-order valence-electron chi connectivity index (χ1n) is 10.1. The summed E-state index contributed by atoms with van der Waals surface area (Å²) in [4.78, 5) is 17.2. The fraction of sp³-hybridized carbons (Fsp3) is 0.280. The van der Waals surface area contributed by atoms with Gasteiger partial charge in [-0.3, -0.25) is 9.78 Å². The number of aromatic nitrogens is 1. The summed E-state index contributed by atoms with van der Waals surface area (Å²) in [6.07, 6.45) is 6.93. The normalized spacial score (nSPS) is 12.0. The molecule has 0 spiro atoms. The van der Waals surface area contributed by atoms with Gasteiger partial charge in [0.25, 0.3) is 0 Å². The van der Waals surface area contributed by atoms with Gasteiger partial charge in [-0.2, -0.15) is 0 Å². The minimum Gasteiger partial charge on any atom is -0.325 e. The standard InChI is InChI=1S/C25H28N2O/c1-3-19(4-2)18-20-10-12-23(13-11-20)27-25(28)24(21-8-6-5-7-9-21)22-14-16-26-17-15-22/h5-17,19,24H,3-4,18H2,1-2H3,(H,27,28). The minimum absolute atomic E-state index is 0.0369. The van der Waals surface area contributed by atoms with Gasteiger partial charge in [-0.1, -0.05) is 69.2 Å². The molecule has 1 aromatic heterocycles. The van der Waals surface area contributed by atoms with Crippen molar-refractivity contribution in [1.29, 1.82) is 0 Å². The Morgan fingerprint density at radius 1 is 0.857 bits per heavy atom. The van der Waals surface area contributed by atoms with Gasteiger partial charge in [0.1, 0.15) is 0 Å². The zero-order chi connectivity index (χ0) is 19.8. The van der Waals surface area contributed by atoms with Crippen LogP contribution >= 0.6 is 0 Å². The lowest BCUT2D eigenvalue weighted by Crippen LogP contribution is -2.22. The topological polar surface area (TPSA) is 42.0 Å². The van der Waals surface area contributed by atoms with E-state index in [-0.39, 0.29) is 11.8 Å². The Kier molecular flexibility index (Phi) is 6.96. The van der Waals surface area contributed by atoms with Crippen LogP contribution < -0.4 is 5.32 Å². The molecule has 1 heterocycles. The summed E-state index contributed by atoms with van der Waals surface area (Å²) in [6.45, 7) is 4.48. The second-order valence-electron chi connectivity index (χ2n) is 7.20. The molecule has 0 aliphatic heterocycles. The van der Waals surface area contributed by atoms with Crippen LogP contribution in [0, 0.1) is 5.92 Å². The van der Waals surface area contributed by atoms with Crippen LogP contribution in [0.3, 0.4) is 0 Å². The third-order valence-corrected chi connectivity index (χ3v) is 5.34. The van der Waals surface area contributed by atoms with Gasteiger partial charge in [0, 0.05) is 18.1 Å². The summed E-state index contributed by atoms with van der Waals surface area (Å²) < 4.78 is 0. The van der Waals surface area contributed by atoms with E-state index in [1.807, 2.05) is 54.6 Å². The van der Waals surface area contributed by atoms with Crippen molar-refractivity contribution in [2.75, 3.05) is 5.32 Å². The molecule has 0 saturated carbocycles. The molecule has 2 aromatic carbocycles. The van der Waals surface area contributed by atoms with Crippen LogP contribution in [0.5, 0.6) is 0 Å². The molecule has 3 rings (SSSR count). The average molecular weight is 373 g/mol. The molecule has 3 heteroatoms. The van der Waals surface area contributed by atoms with Crippen LogP contribution in [0.25, 0.3) is 0 Å². The van der Waals surface area contributed by atoms with E-state index in [4.69, 9.17) is 0 Å². The molecular weight excluding hydrogens is 344 g/mol. The molecule has 0 saturated heterocycles. The Labute approximate surface area is 167 Å². The molecule has 1 unspecified atom stereocenters. The zero-order valence-corrected chi connectivity index (χ0v) is 16.6. The first-order chi connectivity index (χ1) is 13.7. The molecule has 0 aliphatic carbocycles. The van der Waals surface area contributed by atoms with E-state index in [0.717, 1.165) is 29.2 Å². The Hall–Kier alpha value is -2.94. The SMILES string of the molecule is CCC(CC)Cc1ccc(NC(=O)C(c2ccccc2)c2ccncc2)cc1. The third-order valence-electron chi connectivity index (χ3n) is 5.34. The van der Waals surface area contributed by atoms with E-state index in [1.54, 1.807) is 12.4 Å². The highest BCUT2D eigenvalue weighted by Crippen LogP contribution is 2.26. The van der Waals surface area contributed by atoms with Crippen LogP contribution in [0.4, 0.5) is 5.69 Å². The number of pyridine rings is 1. The lowest BCUT2D eigenvalue weighted by Gasteiger charge is -2.18. The van der Waals surface area contributed by atoms with Gasteiger partial charge in [0.2, 0.25) is 5.91 Å². The maximum absolute atomic E-state index is 13.1. The van der Waals surface area contributed by atoms with Gasteiger partial charge in [-0.25, -0.2) is 0 Å². The number of carbonyl (C=O) groups is 1. The first-order valence-corrected chi connectivity index (χ1v) is 10.1. The lowest BCUT2D eigenvalue weighted by atomic mass is 9.91. The van der Waals surface area contributed by atoms with Gasteiger partial charge in [0.05, 0.1) is 5.92 Å². The number of amides is 1. The van der Waals surface area contributed by atoms with E-state index < -0.39 is 0 Å². The number of nitrogens with zero attached hydrogens (tertiary/aromatic N) is 1. The number of anilines is 1. The largest absolute Gasteiger partial charge is 0.325 e. The second-order valence-corrected chi connectivity index (χ2v) is 7.20. The van der Waals surface area contributed by atoms with Gasteiger partial charge >= 0.3 is 0 Å². The Morgan fingerprint density at radius 2 is 1.46 bits per heavy atom. The fourth-order valence-corrected chi connectivity index (χ4v) is 3.55. The molecule has 144 valence electrons. The number of carbonyl (C=O) groups excluding carboxylic acids is 1. The molecule has 1 N–H and O–H groups in total. The van der Waals surface area contributed by atoms with Crippen molar-refractivity contribution in [2.24, 2.45) is 5.92 Å². The highest BCUT2D eigenvalue weighted by atomic mass is 16.1. The highest BCUT2D eigenvalue weighted by Gasteiger charge is 2.22. The van der Waals surface area contributed by atoms with Crippen molar-refractivity contribution in [3.63, 3.8) is 0 Å². The molecule has 0 bridgehead atoms. The zero-order valence-electron chi connectivity index (χ0n) is 16.6. The molecule has 0 fully saturated rings. The maximum atomic E-state index is 13.1. The van der Waals surface area contributed by atoms with Crippen LogP contribution in [0.1, 0.15) is 49.3 Å². The first kappa shape index (κ1) is 19.8. The Balaban J connectivity index is 1.77. The van der Waals surface area contributed by atoms with E-state index >= 15 is 0 Å². The van der Waals surface area contributed by atoms with Crippen molar-refractivity contribution in [2.45, 2.75) is 39.0 Å². The average Bonchev–Trinajstić information content (AvgIpc) is 2.75. The predicted octanol–water partition coefficient (Wildman–Crippen LogP) is 5.83. The third kappa shape index (κ3) is 5.07. The van der Waals surface area contributed by atoms with Gasteiger partial charge in [-0.05, 0) is 53.3 Å². The number of nitrogens with one attached hydrogen (secondary N) is 1. The van der Waals surface area contributed by atoms with Gasteiger partial charge < -0.3 is 5.32 Å². The van der Waals surface area contributed by atoms with E-state index in [2.05, 4.69) is 36.3 Å². The van der Waals surface area contributed by atoms with Crippen molar-refractivity contribution >= 4 is 11.6 Å². The van der Waals surface area contributed by atoms with Crippen molar-refractivity contribution in [1.82, 2.24) is 4.98 Å². The summed E-state index contributed by atoms with van der Waals surface area (Å²) in [5.74, 6) is 0.313. The summed E-state index contributed by atoms with van der Waals surface area (Å²) in [5, 5.41) is 3.09.